The smallest absolute Gasteiger partial charge is 0.242 e. The minimum atomic E-state index is -0.319. The first-order chi connectivity index (χ1) is 7.44. The second-order valence-electron chi connectivity index (χ2n) is 4.40. The number of carbonyl (C=O) groups excluding carboxylic acids is 2. The summed E-state index contributed by atoms with van der Waals surface area (Å²) in [6.07, 6.45) is 0. The SMILES string of the molecule is CC1(C)CN(C(=O)CNC(=O)CN)CCO1. The Bertz CT molecular complexity index is 278. The highest BCUT2D eigenvalue weighted by atomic mass is 16.5. The molecule has 0 radical (unpaired) electrons. The lowest BCUT2D eigenvalue weighted by Crippen LogP contribution is -2.53. The second-order valence-corrected chi connectivity index (χ2v) is 4.40. The Kier molecular flexibility index (Phi) is 4.26. The molecule has 0 aliphatic carbocycles. The molecule has 1 saturated heterocycles. The molecule has 92 valence electrons. The Balaban J connectivity index is 2.39. The standard InChI is InChI=1S/C10H19N3O3/c1-10(2)7-13(3-4-16-10)9(15)6-12-8(14)5-11/h3-7,11H2,1-2H3,(H,12,14). The molecule has 0 aromatic heterocycles. The summed E-state index contributed by atoms with van der Waals surface area (Å²) in [7, 11) is 0. The van der Waals surface area contributed by atoms with Crippen LogP contribution in [0.1, 0.15) is 13.8 Å². The van der Waals surface area contributed by atoms with Crippen LogP contribution < -0.4 is 11.1 Å². The van der Waals surface area contributed by atoms with Crippen molar-refractivity contribution in [3.63, 3.8) is 0 Å². The summed E-state index contributed by atoms with van der Waals surface area (Å²) < 4.78 is 5.49. The highest BCUT2D eigenvalue weighted by Crippen LogP contribution is 2.15. The highest BCUT2D eigenvalue weighted by molar-refractivity contribution is 5.85. The first-order valence-electron chi connectivity index (χ1n) is 5.33. The van der Waals surface area contributed by atoms with Crippen molar-refractivity contribution in [3.8, 4) is 0 Å². The van der Waals surface area contributed by atoms with Crippen LogP contribution in [-0.2, 0) is 14.3 Å². The van der Waals surface area contributed by atoms with E-state index < -0.39 is 0 Å². The molecule has 1 rings (SSSR count). The number of hydrogen-bond donors (Lipinski definition) is 2. The summed E-state index contributed by atoms with van der Waals surface area (Å²) in [5, 5.41) is 2.46. The predicted molar refractivity (Wildman–Crippen MR) is 58.7 cm³/mol. The van der Waals surface area contributed by atoms with Gasteiger partial charge in [-0.2, -0.15) is 0 Å². The molecular formula is C10H19N3O3. The first kappa shape index (κ1) is 12.9. The fraction of sp³-hybridized carbons (Fsp3) is 0.800. The molecule has 0 unspecified atom stereocenters. The van der Waals surface area contributed by atoms with E-state index in [2.05, 4.69) is 5.32 Å². The fourth-order valence-corrected chi connectivity index (χ4v) is 1.59. The lowest BCUT2D eigenvalue weighted by Gasteiger charge is -2.38. The third-order valence-corrected chi connectivity index (χ3v) is 2.40. The Labute approximate surface area is 95.1 Å². The summed E-state index contributed by atoms with van der Waals surface area (Å²) in [5.74, 6) is -0.418. The minimum Gasteiger partial charge on any atom is -0.372 e. The molecule has 1 aliphatic heterocycles. The van der Waals surface area contributed by atoms with Crippen LogP contribution in [0.4, 0.5) is 0 Å². The minimum absolute atomic E-state index is 0.00606. The van der Waals surface area contributed by atoms with Gasteiger partial charge in [-0.15, -0.1) is 0 Å². The van der Waals surface area contributed by atoms with E-state index in [9.17, 15) is 9.59 Å². The molecule has 6 nitrogen and oxygen atoms in total. The normalized spacial score (nSPS) is 19.3. The molecule has 1 aliphatic rings. The van der Waals surface area contributed by atoms with Crippen LogP contribution in [0, 0.1) is 0 Å². The number of nitrogens with two attached hydrogens (primary N) is 1. The molecule has 1 heterocycles. The van der Waals surface area contributed by atoms with Crippen molar-refractivity contribution < 1.29 is 14.3 Å². The molecule has 0 atom stereocenters. The van der Waals surface area contributed by atoms with Crippen LogP contribution in [0.3, 0.4) is 0 Å². The van der Waals surface area contributed by atoms with Crippen molar-refractivity contribution in [2.24, 2.45) is 5.73 Å². The molecular weight excluding hydrogens is 210 g/mol. The van der Waals surface area contributed by atoms with Gasteiger partial charge in [0.2, 0.25) is 11.8 Å². The van der Waals surface area contributed by atoms with E-state index in [-0.39, 0.29) is 30.5 Å². The maximum absolute atomic E-state index is 11.7. The van der Waals surface area contributed by atoms with E-state index in [1.807, 2.05) is 13.8 Å². The summed E-state index contributed by atoms with van der Waals surface area (Å²) in [6.45, 7) is 5.43. The molecule has 0 bridgehead atoms. The molecule has 16 heavy (non-hydrogen) atoms. The maximum atomic E-state index is 11.7. The Hall–Kier alpha value is -1.14. The Morgan fingerprint density at radius 1 is 1.50 bits per heavy atom. The summed E-state index contributed by atoms with van der Waals surface area (Å²) in [4.78, 5) is 24.3. The molecule has 1 fully saturated rings. The van der Waals surface area contributed by atoms with E-state index in [1.54, 1.807) is 4.90 Å². The number of amides is 2. The average Bonchev–Trinajstić information content (AvgIpc) is 2.23. The fourth-order valence-electron chi connectivity index (χ4n) is 1.59. The molecule has 0 saturated carbocycles. The molecule has 3 N–H and O–H groups in total. The van der Waals surface area contributed by atoms with Crippen LogP contribution in [-0.4, -0.2) is 55.1 Å². The quantitative estimate of drug-likeness (QED) is 0.630. The third kappa shape index (κ3) is 3.79. The van der Waals surface area contributed by atoms with Crippen LogP contribution in [0.2, 0.25) is 0 Å². The predicted octanol–water partition coefficient (Wildman–Crippen LogP) is -1.30. The number of nitrogens with one attached hydrogen (secondary N) is 1. The summed E-state index contributed by atoms with van der Waals surface area (Å²) in [5.41, 5.74) is 4.81. The van der Waals surface area contributed by atoms with Gasteiger partial charge < -0.3 is 20.7 Å². The van der Waals surface area contributed by atoms with E-state index in [0.29, 0.717) is 19.7 Å². The van der Waals surface area contributed by atoms with Gasteiger partial charge in [0.15, 0.2) is 0 Å². The number of rotatable bonds is 3. The van der Waals surface area contributed by atoms with Gasteiger partial charge in [0.05, 0.1) is 25.3 Å². The van der Waals surface area contributed by atoms with E-state index in [4.69, 9.17) is 10.5 Å². The van der Waals surface area contributed by atoms with Gasteiger partial charge in [-0.1, -0.05) is 0 Å². The zero-order valence-electron chi connectivity index (χ0n) is 9.78. The number of hydrogen-bond acceptors (Lipinski definition) is 4. The molecule has 2 amide bonds. The van der Waals surface area contributed by atoms with Crippen molar-refractivity contribution in [3.05, 3.63) is 0 Å². The maximum Gasteiger partial charge on any atom is 0.242 e. The lowest BCUT2D eigenvalue weighted by molar-refractivity contribution is -0.145. The van der Waals surface area contributed by atoms with Gasteiger partial charge >= 0.3 is 0 Å². The third-order valence-electron chi connectivity index (χ3n) is 2.40. The van der Waals surface area contributed by atoms with Gasteiger partial charge in [0, 0.05) is 13.1 Å². The summed E-state index contributed by atoms with van der Waals surface area (Å²) >= 11 is 0. The van der Waals surface area contributed by atoms with Crippen LogP contribution in [0.25, 0.3) is 0 Å². The molecule has 6 heteroatoms. The van der Waals surface area contributed by atoms with Crippen molar-refractivity contribution in [2.45, 2.75) is 19.4 Å². The molecule has 0 aromatic carbocycles. The topological polar surface area (TPSA) is 84.7 Å². The monoisotopic (exact) mass is 229 g/mol. The largest absolute Gasteiger partial charge is 0.372 e. The zero-order valence-corrected chi connectivity index (χ0v) is 9.78. The van der Waals surface area contributed by atoms with Gasteiger partial charge in [0.25, 0.3) is 0 Å². The van der Waals surface area contributed by atoms with Crippen LogP contribution in [0.5, 0.6) is 0 Å². The number of ether oxygens (including phenoxy) is 1. The van der Waals surface area contributed by atoms with E-state index in [1.165, 1.54) is 0 Å². The van der Waals surface area contributed by atoms with Crippen molar-refractivity contribution in [1.82, 2.24) is 10.2 Å². The van der Waals surface area contributed by atoms with Gasteiger partial charge in [-0.05, 0) is 13.8 Å². The van der Waals surface area contributed by atoms with Gasteiger partial charge in [-0.3, -0.25) is 9.59 Å². The zero-order chi connectivity index (χ0) is 12.2. The van der Waals surface area contributed by atoms with E-state index >= 15 is 0 Å². The van der Waals surface area contributed by atoms with Crippen molar-refractivity contribution in [2.75, 3.05) is 32.8 Å². The number of nitrogens with zero attached hydrogens (tertiary/aromatic N) is 1. The number of morpholine rings is 1. The van der Waals surface area contributed by atoms with Gasteiger partial charge in [-0.25, -0.2) is 0 Å². The molecule has 0 spiro atoms. The first-order valence-corrected chi connectivity index (χ1v) is 5.33. The number of carbonyl (C=O) groups is 2. The Morgan fingerprint density at radius 2 is 2.19 bits per heavy atom. The van der Waals surface area contributed by atoms with Crippen molar-refractivity contribution >= 4 is 11.8 Å². The van der Waals surface area contributed by atoms with Crippen LogP contribution in [0.15, 0.2) is 0 Å². The second kappa shape index (κ2) is 5.27. The Morgan fingerprint density at radius 3 is 2.75 bits per heavy atom. The van der Waals surface area contributed by atoms with E-state index in [0.717, 1.165) is 0 Å². The van der Waals surface area contributed by atoms with Crippen molar-refractivity contribution in [1.29, 1.82) is 0 Å². The van der Waals surface area contributed by atoms with Crippen LogP contribution >= 0.6 is 0 Å². The average molecular weight is 229 g/mol. The summed E-state index contributed by atoms with van der Waals surface area (Å²) in [6, 6.07) is 0. The lowest BCUT2D eigenvalue weighted by atomic mass is 10.1. The van der Waals surface area contributed by atoms with Gasteiger partial charge in [0.1, 0.15) is 0 Å². The molecule has 0 aromatic rings. The highest BCUT2D eigenvalue weighted by Gasteiger charge is 2.29.